The highest BCUT2D eigenvalue weighted by Gasteiger charge is 2.36. The van der Waals surface area contributed by atoms with Gasteiger partial charge in [-0.1, -0.05) is 54.6 Å². The van der Waals surface area contributed by atoms with E-state index in [2.05, 4.69) is 0 Å². The number of carbonyl (C=O) groups is 2. The summed E-state index contributed by atoms with van der Waals surface area (Å²) in [5, 5.41) is 0.819. The Balaban J connectivity index is 1.64. The molecule has 2 amide bonds. The van der Waals surface area contributed by atoms with Gasteiger partial charge in [-0.15, -0.1) is 5.06 Å². The van der Waals surface area contributed by atoms with Crippen LogP contribution in [0.3, 0.4) is 0 Å². The fourth-order valence-electron chi connectivity index (χ4n) is 2.15. The maximum absolute atomic E-state index is 12.0. The molecule has 1 aliphatic heterocycles. The van der Waals surface area contributed by atoms with Gasteiger partial charge in [0.2, 0.25) is 0 Å². The molecule has 4 nitrogen and oxygen atoms in total. The Kier molecular flexibility index (Phi) is 3.62. The SMILES string of the molecule is O=C1c2ccccc2C(=O)N1OC/C=C\c1ccccc1. The van der Waals surface area contributed by atoms with E-state index in [0.717, 1.165) is 10.6 Å². The van der Waals surface area contributed by atoms with Crippen LogP contribution in [0.25, 0.3) is 6.08 Å². The number of hydroxylamine groups is 2. The maximum Gasteiger partial charge on any atom is 0.285 e. The molecule has 2 aromatic carbocycles. The van der Waals surface area contributed by atoms with Crippen molar-refractivity contribution < 1.29 is 14.4 Å². The van der Waals surface area contributed by atoms with Gasteiger partial charge in [-0.3, -0.25) is 14.4 Å². The predicted molar refractivity (Wildman–Crippen MR) is 78.4 cm³/mol. The fourth-order valence-corrected chi connectivity index (χ4v) is 2.15. The molecular weight excluding hydrogens is 266 g/mol. The highest BCUT2D eigenvalue weighted by Crippen LogP contribution is 2.22. The number of benzene rings is 2. The Bertz CT molecular complexity index is 672. The molecule has 21 heavy (non-hydrogen) atoms. The average Bonchev–Trinajstić information content (AvgIpc) is 2.77. The van der Waals surface area contributed by atoms with Gasteiger partial charge in [0, 0.05) is 0 Å². The summed E-state index contributed by atoms with van der Waals surface area (Å²) in [6.07, 6.45) is 3.64. The van der Waals surface area contributed by atoms with Crippen LogP contribution in [0.15, 0.2) is 60.7 Å². The molecule has 0 aromatic heterocycles. The molecule has 3 rings (SSSR count). The van der Waals surface area contributed by atoms with E-state index in [4.69, 9.17) is 4.84 Å². The third kappa shape index (κ3) is 2.61. The van der Waals surface area contributed by atoms with Crippen molar-refractivity contribution in [2.75, 3.05) is 6.61 Å². The summed E-state index contributed by atoms with van der Waals surface area (Å²) in [6, 6.07) is 16.4. The van der Waals surface area contributed by atoms with Crippen LogP contribution >= 0.6 is 0 Å². The lowest BCUT2D eigenvalue weighted by atomic mass is 10.1. The number of hydrogen-bond donors (Lipinski definition) is 0. The zero-order valence-electron chi connectivity index (χ0n) is 11.2. The molecule has 4 heteroatoms. The van der Waals surface area contributed by atoms with Gasteiger partial charge < -0.3 is 0 Å². The zero-order valence-corrected chi connectivity index (χ0v) is 11.2. The van der Waals surface area contributed by atoms with Crippen molar-refractivity contribution in [2.24, 2.45) is 0 Å². The highest BCUT2D eigenvalue weighted by atomic mass is 16.7. The first-order chi connectivity index (χ1) is 10.3. The monoisotopic (exact) mass is 279 g/mol. The molecule has 0 fully saturated rings. The molecule has 0 unspecified atom stereocenters. The summed E-state index contributed by atoms with van der Waals surface area (Å²) < 4.78 is 0. The van der Waals surface area contributed by atoms with Gasteiger partial charge in [-0.05, 0) is 17.7 Å². The lowest BCUT2D eigenvalue weighted by molar-refractivity contribution is -0.0800. The lowest BCUT2D eigenvalue weighted by Gasteiger charge is -2.11. The molecule has 0 saturated heterocycles. The first-order valence-electron chi connectivity index (χ1n) is 6.60. The van der Waals surface area contributed by atoms with E-state index in [1.165, 1.54) is 0 Å². The molecular formula is C17H13NO3. The second-order valence-electron chi connectivity index (χ2n) is 4.56. The van der Waals surface area contributed by atoms with Crippen LogP contribution in [0.5, 0.6) is 0 Å². The first kappa shape index (κ1) is 13.3. The molecule has 1 aliphatic rings. The summed E-state index contributed by atoms with van der Waals surface area (Å²) in [7, 11) is 0. The minimum absolute atomic E-state index is 0.153. The summed E-state index contributed by atoms with van der Waals surface area (Å²) in [5.74, 6) is -0.826. The smallest absolute Gasteiger partial charge is 0.266 e. The largest absolute Gasteiger partial charge is 0.285 e. The fraction of sp³-hybridized carbons (Fsp3) is 0.0588. The van der Waals surface area contributed by atoms with E-state index in [1.807, 2.05) is 36.4 Å². The van der Waals surface area contributed by atoms with Gasteiger partial charge in [-0.2, -0.15) is 0 Å². The van der Waals surface area contributed by atoms with Gasteiger partial charge in [0.25, 0.3) is 11.8 Å². The Morgan fingerprint density at radius 2 is 1.43 bits per heavy atom. The molecule has 0 aliphatic carbocycles. The number of amides is 2. The first-order valence-corrected chi connectivity index (χ1v) is 6.60. The molecule has 0 N–H and O–H groups in total. The van der Waals surface area contributed by atoms with Gasteiger partial charge in [0.15, 0.2) is 0 Å². The predicted octanol–water partition coefficient (Wildman–Crippen LogP) is 2.93. The average molecular weight is 279 g/mol. The molecule has 0 saturated carbocycles. The number of imide groups is 1. The number of rotatable bonds is 4. The maximum atomic E-state index is 12.0. The van der Waals surface area contributed by atoms with Crippen molar-refractivity contribution in [1.82, 2.24) is 5.06 Å². The topological polar surface area (TPSA) is 46.6 Å². The molecule has 0 bridgehead atoms. The van der Waals surface area contributed by atoms with Crippen molar-refractivity contribution >= 4 is 17.9 Å². The van der Waals surface area contributed by atoms with E-state index in [-0.39, 0.29) is 6.61 Å². The number of hydrogen-bond acceptors (Lipinski definition) is 3. The minimum Gasteiger partial charge on any atom is -0.266 e. The standard InChI is InChI=1S/C17H13NO3/c19-16-14-10-4-5-11-15(14)17(20)18(16)21-12-6-9-13-7-2-1-3-8-13/h1-11H,12H2/b9-6-. The van der Waals surface area contributed by atoms with Crippen LogP contribution in [0.2, 0.25) is 0 Å². The van der Waals surface area contributed by atoms with Crippen LogP contribution in [0.1, 0.15) is 26.3 Å². The number of nitrogens with zero attached hydrogens (tertiary/aromatic N) is 1. The van der Waals surface area contributed by atoms with Crippen LogP contribution in [-0.2, 0) is 4.84 Å². The normalized spacial score (nSPS) is 14.0. The Morgan fingerprint density at radius 3 is 2.05 bits per heavy atom. The van der Waals surface area contributed by atoms with E-state index in [0.29, 0.717) is 11.1 Å². The van der Waals surface area contributed by atoms with Gasteiger partial charge in [-0.25, -0.2) is 0 Å². The number of carbonyl (C=O) groups excluding carboxylic acids is 2. The van der Waals surface area contributed by atoms with Crippen LogP contribution in [0, 0.1) is 0 Å². The number of fused-ring (bicyclic) bond motifs is 1. The molecule has 0 spiro atoms. The highest BCUT2D eigenvalue weighted by molar-refractivity contribution is 6.20. The van der Waals surface area contributed by atoms with E-state index in [9.17, 15) is 9.59 Å². The van der Waals surface area contributed by atoms with Crippen molar-refractivity contribution in [3.8, 4) is 0 Å². The Morgan fingerprint density at radius 1 is 0.857 bits per heavy atom. The van der Waals surface area contributed by atoms with Gasteiger partial charge in [0.05, 0.1) is 17.7 Å². The quantitative estimate of drug-likeness (QED) is 0.808. The van der Waals surface area contributed by atoms with Crippen LogP contribution in [-0.4, -0.2) is 23.5 Å². The summed E-state index contributed by atoms with van der Waals surface area (Å²) in [4.78, 5) is 29.3. The summed E-state index contributed by atoms with van der Waals surface area (Å²) in [6.45, 7) is 0.153. The lowest BCUT2D eigenvalue weighted by Crippen LogP contribution is -2.29. The van der Waals surface area contributed by atoms with Gasteiger partial charge in [0.1, 0.15) is 0 Å². The second-order valence-corrected chi connectivity index (χ2v) is 4.56. The Hall–Kier alpha value is -2.72. The van der Waals surface area contributed by atoms with E-state index >= 15 is 0 Å². The van der Waals surface area contributed by atoms with Crippen molar-refractivity contribution in [2.45, 2.75) is 0 Å². The summed E-state index contributed by atoms with van der Waals surface area (Å²) in [5.41, 5.74) is 1.80. The third-order valence-corrected chi connectivity index (χ3v) is 3.17. The van der Waals surface area contributed by atoms with E-state index in [1.54, 1.807) is 30.3 Å². The van der Waals surface area contributed by atoms with E-state index < -0.39 is 11.8 Å². The van der Waals surface area contributed by atoms with Crippen LogP contribution < -0.4 is 0 Å². The molecule has 1 heterocycles. The molecule has 0 atom stereocenters. The Labute approximate surface area is 122 Å². The molecule has 0 radical (unpaired) electrons. The zero-order chi connectivity index (χ0) is 14.7. The molecule has 104 valence electrons. The van der Waals surface area contributed by atoms with Gasteiger partial charge >= 0.3 is 0 Å². The second kappa shape index (κ2) is 5.73. The van der Waals surface area contributed by atoms with Crippen molar-refractivity contribution in [3.63, 3.8) is 0 Å². The van der Waals surface area contributed by atoms with Crippen molar-refractivity contribution in [1.29, 1.82) is 0 Å². The van der Waals surface area contributed by atoms with Crippen LogP contribution in [0.4, 0.5) is 0 Å². The minimum atomic E-state index is -0.413. The third-order valence-electron chi connectivity index (χ3n) is 3.17. The summed E-state index contributed by atoms with van der Waals surface area (Å²) >= 11 is 0. The van der Waals surface area contributed by atoms with Crippen molar-refractivity contribution in [3.05, 3.63) is 77.4 Å². The molecule has 2 aromatic rings.